The second-order valence-corrected chi connectivity index (χ2v) is 9.14. The molecule has 0 saturated heterocycles. The van der Waals surface area contributed by atoms with Gasteiger partial charge in [-0.25, -0.2) is 0 Å². The third kappa shape index (κ3) is 3.72. The van der Waals surface area contributed by atoms with Crippen molar-refractivity contribution in [2.75, 3.05) is 0 Å². The lowest BCUT2D eigenvalue weighted by molar-refractivity contribution is 1.00. The molecule has 0 unspecified atom stereocenters. The topological polar surface area (TPSA) is 0 Å². The van der Waals surface area contributed by atoms with Gasteiger partial charge >= 0.3 is 0 Å². The lowest BCUT2D eigenvalue weighted by atomic mass is 10.1. The van der Waals surface area contributed by atoms with Crippen LogP contribution in [0.4, 0.5) is 0 Å². The molecule has 0 saturated carbocycles. The van der Waals surface area contributed by atoms with Crippen molar-refractivity contribution < 1.29 is 0 Å². The first-order valence-corrected chi connectivity index (χ1v) is 11.5. The summed E-state index contributed by atoms with van der Waals surface area (Å²) >= 11 is 6.19. The fourth-order valence-electron chi connectivity index (χ4n) is 3.19. The standard InChI is InChI=1S/C20H30S3/c1-7-13-15(9-3)21-17(11-5)19(13)23-20-14(8-2)16(10-4)22-18(20)12-6/h7-12H2,1-6H3. The SMILES string of the molecule is CCc1sc(CC)c(Sc2c(CC)sc(CC)c2CC)c1CC. The average molecular weight is 367 g/mol. The van der Waals surface area contributed by atoms with Crippen molar-refractivity contribution in [1.82, 2.24) is 0 Å². The average Bonchev–Trinajstić information content (AvgIpc) is 3.11. The van der Waals surface area contributed by atoms with Crippen LogP contribution < -0.4 is 0 Å². The summed E-state index contributed by atoms with van der Waals surface area (Å²) in [6.45, 7) is 13.8. The smallest absolute Gasteiger partial charge is 0.0296 e. The molecule has 0 N–H and O–H groups in total. The Hall–Kier alpha value is -0.250. The van der Waals surface area contributed by atoms with E-state index >= 15 is 0 Å². The molecule has 128 valence electrons. The van der Waals surface area contributed by atoms with Gasteiger partial charge in [-0.2, -0.15) is 0 Å². The quantitative estimate of drug-likeness (QED) is 0.471. The minimum Gasteiger partial charge on any atom is -0.144 e. The van der Waals surface area contributed by atoms with Crippen LogP contribution in [0.2, 0.25) is 0 Å². The number of rotatable bonds is 8. The summed E-state index contributed by atoms with van der Waals surface area (Å²) in [5.74, 6) is 0. The summed E-state index contributed by atoms with van der Waals surface area (Å²) in [6, 6.07) is 0. The highest BCUT2D eigenvalue weighted by atomic mass is 32.2. The first kappa shape index (κ1) is 19.1. The maximum atomic E-state index is 2.32. The van der Waals surface area contributed by atoms with Gasteiger partial charge in [-0.3, -0.25) is 0 Å². The number of thiophene rings is 2. The molecule has 0 radical (unpaired) electrons. The van der Waals surface area contributed by atoms with E-state index in [0.29, 0.717) is 0 Å². The number of hydrogen-bond donors (Lipinski definition) is 0. The Balaban J connectivity index is 2.54. The fourth-order valence-corrected chi connectivity index (χ4v) is 7.67. The van der Waals surface area contributed by atoms with Crippen LogP contribution in [-0.2, 0) is 38.5 Å². The molecule has 2 aromatic heterocycles. The van der Waals surface area contributed by atoms with E-state index in [-0.39, 0.29) is 0 Å². The molecule has 0 aliphatic rings. The van der Waals surface area contributed by atoms with E-state index in [9.17, 15) is 0 Å². The first-order valence-electron chi connectivity index (χ1n) is 9.09. The van der Waals surface area contributed by atoms with E-state index < -0.39 is 0 Å². The second kappa shape index (κ2) is 8.73. The normalized spacial score (nSPS) is 11.4. The van der Waals surface area contributed by atoms with Crippen molar-refractivity contribution in [3.05, 3.63) is 30.6 Å². The number of aryl methyl sites for hydroxylation is 4. The van der Waals surface area contributed by atoms with Crippen LogP contribution in [0.5, 0.6) is 0 Å². The Morgan fingerprint density at radius 1 is 0.522 bits per heavy atom. The summed E-state index contributed by atoms with van der Waals surface area (Å²) in [4.78, 5) is 9.57. The molecule has 0 bridgehead atoms. The minimum atomic E-state index is 1.16. The Bertz CT molecular complexity index is 590. The molecule has 0 fully saturated rings. The highest BCUT2D eigenvalue weighted by Gasteiger charge is 2.21. The summed E-state index contributed by atoms with van der Waals surface area (Å²) in [5, 5.41) is 0. The van der Waals surface area contributed by atoms with Gasteiger partial charge in [0.2, 0.25) is 0 Å². The molecular weight excluding hydrogens is 336 g/mol. The third-order valence-corrected chi connectivity index (χ3v) is 9.11. The monoisotopic (exact) mass is 366 g/mol. The van der Waals surface area contributed by atoms with E-state index in [1.165, 1.54) is 12.8 Å². The van der Waals surface area contributed by atoms with E-state index in [1.54, 1.807) is 40.4 Å². The van der Waals surface area contributed by atoms with Crippen LogP contribution >= 0.6 is 34.4 Å². The van der Waals surface area contributed by atoms with E-state index in [0.717, 1.165) is 25.7 Å². The molecule has 0 nitrogen and oxygen atoms in total. The largest absolute Gasteiger partial charge is 0.144 e. The maximum absolute atomic E-state index is 2.32. The zero-order valence-electron chi connectivity index (χ0n) is 15.5. The van der Waals surface area contributed by atoms with Crippen LogP contribution in [0, 0.1) is 0 Å². The van der Waals surface area contributed by atoms with Crippen LogP contribution in [0.15, 0.2) is 9.79 Å². The molecular formula is C20H30S3. The predicted molar refractivity (Wildman–Crippen MR) is 109 cm³/mol. The van der Waals surface area contributed by atoms with Gasteiger partial charge in [-0.1, -0.05) is 53.3 Å². The van der Waals surface area contributed by atoms with Gasteiger partial charge in [0.05, 0.1) is 0 Å². The van der Waals surface area contributed by atoms with Crippen molar-refractivity contribution in [3.8, 4) is 0 Å². The molecule has 0 spiro atoms. The van der Waals surface area contributed by atoms with Crippen LogP contribution in [-0.4, -0.2) is 0 Å². The molecule has 2 heterocycles. The summed E-state index contributed by atoms with van der Waals surface area (Å²) in [6.07, 6.45) is 6.99. The van der Waals surface area contributed by atoms with Crippen LogP contribution in [0.1, 0.15) is 72.2 Å². The fraction of sp³-hybridized carbons (Fsp3) is 0.600. The zero-order chi connectivity index (χ0) is 17.0. The predicted octanol–water partition coefficient (Wildman–Crippen LogP) is 7.34. The highest BCUT2D eigenvalue weighted by Crippen LogP contribution is 2.46. The van der Waals surface area contributed by atoms with Gasteiger partial charge in [0, 0.05) is 29.3 Å². The third-order valence-electron chi connectivity index (χ3n) is 4.42. The second-order valence-electron chi connectivity index (χ2n) is 5.74. The molecule has 0 amide bonds. The van der Waals surface area contributed by atoms with Crippen molar-refractivity contribution in [3.63, 3.8) is 0 Å². The van der Waals surface area contributed by atoms with Crippen molar-refractivity contribution in [2.45, 2.75) is 89.9 Å². The van der Waals surface area contributed by atoms with Gasteiger partial charge < -0.3 is 0 Å². The maximum Gasteiger partial charge on any atom is 0.0296 e. The lowest BCUT2D eigenvalue weighted by Crippen LogP contribution is -1.91. The molecule has 3 heteroatoms. The molecule has 0 atom stereocenters. The molecule has 0 aliphatic carbocycles. The zero-order valence-corrected chi connectivity index (χ0v) is 17.9. The van der Waals surface area contributed by atoms with Crippen molar-refractivity contribution in [1.29, 1.82) is 0 Å². The van der Waals surface area contributed by atoms with Gasteiger partial charge in [0.1, 0.15) is 0 Å². The van der Waals surface area contributed by atoms with E-state index in [1.807, 2.05) is 0 Å². The van der Waals surface area contributed by atoms with Crippen molar-refractivity contribution >= 4 is 34.4 Å². The minimum absolute atomic E-state index is 1.16. The number of hydrogen-bond acceptors (Lipinski definition) is 3. The molecule has 23 heavy (non-hydrogen) atoms. The Labute approximate surface area is 154 Å². The lowest BCUT2D eigenvalue weighted by Gasteiger charge is -2.09. The molecule has 0 aromatic carbocycles. The summed E-state index contributed by atoms with van der Waals surface area (Å²) in [7, 11) is 0. The summed E-state index contributed by atoms with van der Waals surface area (Å²) in [5.41, 5.74) is 3.24. The Kier molecular flexibility index (Phi) is 7.24. The Morgan fingerprint density at radius 3 is 1.13 bits per heavy atom. The van der Waals surface area contributed by atoms with Crippen LogP contribution in [0.3, 0.4) is 0 Å². The van der Waals surface area contributed by atoms with Crippen molar-refractivity contribution in [2.24, 2.45) is 0 Å². The molecule has 2 rings (SSSR count). The van der Waals surface area contributed by atoms with Gasteiger partial charge in [-0.05, 0) is 49.7 Å². The Morgan fingerprint density at radius 2 is 0.870 bits per heavy atom. The summed E-state index contributed by atoms with van der Waals surface area (Å²) < 4.78 is 0. The first-order chi connectivity index (χ1) is 11.1. The van der Waals surface area contributed by atoms with Crippen LogP contribution in [0.25, 0.3) is 0 Å². The van der Waals surface area contributed by atoms with E-state index in [4.69, 9.17) is 0 Å². The molecule has 2 aromatic rings. The van der Waals surface area contributed by atoms with Gasteiger partial charge in [-0.15, -0.1) is 22.7 Å². The molecule has 0 aliphatic heterocycles. The van der Waals surface area contributed by atoms with E-state index in [2.05, 4.69) is 76.0 Å². The van der Waals surface area contributed by atoms with Gasteiger partial charge in [0.25, 0.3) is 0 Å². The highest BCUT2D eigenvalue weighted by molar-refractivity contribution is 7.99. The van der Waals surface area contributed by atoms with Gasteiger partial charge in [0.15, 0.2) is 0 Å².